The van der Waals surface area contributed by atoms with Gasteiger partial charge in [-0.25, -0.2) is 4.79 Å². The Hall–Kier alpha value is -1.97. The first kappa shape index (κ1) is 9.58. The van der Waals surface area contributed by atoms with Crippen molar-refractivity contribution in [3.63, 3.8) is 0 Å². The lowest BCUT2D eigenvalue weighted by atomic mass is 10.1. The number of hydrogen-bond donors (Lipinski definition) is 2. The van der Waals surface area contributed by atoms with E-state index in [-0.39, 0.29) is 5.56 Å². The van der Waals surface area contributed by atoms with Gasteiger partial charge >= 0.3 is 5.97 Å². The highest BCUT2D eigenvalue weighted by molar-refractivity contribution is 6.00. The number of nitrogens with zero attached hydrogens (tertiary/aromatic N) is 1. The molecule has 0 bridgehead atoms. The molecular formula is C11H12N2O2. The molecule has 4 nitrogen and oxygen atoms in total. The number of anilines is 1. The Bertz CT molecular complexity index is 555. The average molecular weight is 204 g/mol. The molecule has 2 aromatic rings. The topological polar surface area (TPSA) is 68.2 Å². The van der Waals surface area contributed by atoms with Gasteiger partial charge in [0.2, 0.25) is 0 Å². The molecule has 4 heteroatoms. The van der Waals surface area contributed by atoms with Crippen molar-refractivity contribution in [3.8, 4) is 0 Å². The fourth-order valence-corrected chi connectivity index (χ4v) is 1.90. The van der Waals surface area contributed by atoms with Gasteiger partial charge in [0.25, 0.3) is 0 Å². The van der Waals surface area contributed by atoms with Crippen molar-refractivity contribution in [2.24, 2.45) is 7.05 Å². The number of carboxylic acids is 1. The molecule has 1 heterocycles. The molecule has 0 aliphatic heterocycles. The summed E-state index contributed by atoms with van der Waals surface area (Å²) < 4.78 is 1.91. The lowest BCUT2D eigenvalue weighted by molar-refractivity contribution is 0.0697. The van der Waals surface area contributed by atoms with Crippen molar-refractivity contribution in [2.75, 3.05) is 5.73 Å². The van der Waals surface area contributed by atoms with Crippen LogP contribution in [0.15, 0.2) is 18.3 Å². The Morgan fingerprint density at radius 2 is 2.13 bits per heavy atom. The maximum atomic E-state index is 10.9. The second-order valence-electron chi connectivity index (χ2n) is 3.69. The van der Waals surface area contributed by atoms with Gasteiger partial charge < -0.3 is 15.4 Å². The molecule has 0 unspecified atom stereocenters. The Kier molecular flexibility index (Phi) is 1.93. The van der Waals surface area contributed by atoms with Gasteiger partial charge in [0, 0.05) is 18.6 Å². The minimum atomic E-state index is -0.952. The van der Waals surface area contributed by atoms with Crippen LogP contribution in [0, 0.1) is 6.92 Å². The zero-order chi connectivity index (χ0) is 11.2. The van der Waals surface area contributed by atoms with Crippen LogP contribution in [-0.2, 0) is 7.05 Å². The number of aryl methyl sites for hydroxylation is 2. The first-order valence-electron chi connectivity index (χ1n) is 4.59. The number of fused-ring (bicyclic) bond motifs is 1. The van der Waals surface area contributed by atoms with Crippen molar-refractivity contribution < 1.29 is 9.90 Å². The molecule has 3 N–H and O–H groups in total. The maximum absolute atomic E-state index is 10.9. The second kappa shape index (κ2) is 3.02. The van der Waals surface area contributed by atoms with Gasteiger partial charge in [0.05, 0.1) is 16.8 Å². The lowest BCUT2D eigenvalue weighted by Crippen LogP contribution is -1.99. The summed E-state index contributed by atoms with van der Waals surface area (Å²) in [5.74, 6) is -0.952. The van der Waals surface area contributed by atoms with E-state index in [4.69, 9.17) is 10.8 Å². The van der Waals surface area contributed by atoms with E-state index in [1.54, 1.807) is 6.07 Å². The highest BCUT2D eigenvalue weighted by Crippen LogP contribution is 2.27. The Morgan fingerprint density at radius 3 is 2.73 bits per heavy atom. The summed E-state index contributed by atoms with van der Waals surface area (Å²) >= 11 is 0. The van der Waals surface area contributed by atoms with E-state index >= 15 is 0 Å². The van der Waals surface area contributed by atoms with Crippen molar-refractivity contribution in [1.82, 2.24) is 4.57 Å². The molecule has 0 amide bonds. The largest absolute Gasteiger partial charge is 0.478 e. The standard InChI is InChI=1S/C11H12N2O2/c1-6-5-13(2)10-8(6)3-7(11(14)15)4-9(10)12/h3-5H,12H2,1-2H3,(H,14,15). The van der Waals surface area contributed by atoms with E-state index in [1.165, 1.54) is 6.07 Å². The van der Waals surface area contributed by atoms with E-state index in [9.17, 15) is 4.79 Å². The highest BCUT2D eigenvalue weighted by atomic mass is 16.4. The van der Waals surface area contributed by atoms with Crippen LogP contribution in [0.3, 0.4) is 0 Å². The van der Waals surface area contributed by atoms with Crippen LogP contribution >= 0.6 is 0 Å². The van der Waals surface area contributed by atoms with Crippen LogP contribution in [0.2, 0.25) is 0 Å². The van der Waals surface area contributed by atoms with E-state index in [0.29, 0.717) is 5.69 Å². The van der Waals surface area contributed by atoms with Crippen LogP contribution in [0.5, 0.6) is 0 Å². The molecule has 0 saturated heterocycles. The van der Waals surface area contributed by atoms with Gasteiger partial charge in [0.15, 0.2) is 0 Å². The Labute approximate surface area is 86.9 Å². The number of carboxylic acid groups (broad SMARTS) is 1. The van der Waals surface area contributed by atoms with Gasteiger partial charge in [-0.05, 0) is 24.6 Å². The fraction of sp³-hybridized carbons (Fsp3) is 0.182. The fourth-order valence-electron chi connectivity index (χ4n) is 1.90. The number of nitrogen functional groups attached to an aromatic ring is 1. The molecule has 1 aromatic heterocycles. The monoisotopic (exact) mass is 204 g/mol. The SMILES string of the molecule is Cc1cn(C)c2c(N)cc(C(=O)O)cc12. The molecule has 0 aliphatic rings. The van der Waals surface area contributed by atoms with Gasteiger partial charge in [0.1, 0.15) is 0 Å². The summed E-state index contributed by atoms with van der Waals surface area (Å²) in [6, 6.07) is 3.15. The smallest absolute Gasteiger partial charge is 0.335 e. The molecule has 0 aliphatic carbocycles. The molecule has 0 radical (unpaired) electrons. The van der Waals surface area contributed by atoms with E-state index in [0.717, 1.165) is 16.5 Å². The number of hydrogen-bond acceptors (Lipinski definition) is 2. The first-order valence-corrected chi connectivity index (χ1v) is 4.59. The van der Waals surface area contributed by atoms with Crippen molar-refractivity contribution in [3.05, 3.63) is 29.5 Å². The zero-order valence-electron chi connectivity index (χ0n) is 8.61. The van der Waals surface area contributed by atoms with Crippen molar-refractivity contribution >= 4 is 22.6 Å². The molecular weight excluding hydrogens is 192 g/mol. The van der Waals surface area contributed by atoms with Gasteiger partial charge in [-0.15, -0.1) is 0 Å². The molecule has 15 heavy (non-hydrogen) atoms. The minimum absolute atomic E-state index is 0.231. The summed E-state index contributed by atoms with van der Waals surface area (Å²) in [6.07, 6.45) is 1.94. The number of carbonyl (C=O) groups is 1. The number of aromatic carboxylic acids is 1. The highest BCUT2D eigenvalue weighted by Gasteiger charge is 2.11. The number of benzene rings is 1. The Balaban J connectivity index is 2.87. The third kappa shape index (κ3) is 1.34. The molecule has 0 saturated carbocycles. The third-order valence-corrected chi connectivity index (χ3v) is 2.55. The number of aromatic nitrogens is 1. The van der Waals surface area contributed by atoms with Crippen LogP contribution in [0.1, 0.15) is 15.9 Å². The van der Waals surface area contributed by atoms with Gasteiger partial charge in [-0.3, -0.25) is 0 Å². The van der Waals surface area contributed by atoms with Crippen LogP contribution in [0.25, 0.3) is 10.9 Å². The Morgan fingerprint density at radius 1 is 1.47 bits per heavy atom. The van der Waals surface area contributed by atoms with Gasteiger partial charge in [-0.2, -0.15) is 0 Å². The summed E-state index contributed by atoms with van der Waals surface area (Å²) in [6.45, 7) is 1.94. The second-order valence-corrected chi connectivity index (χ2v) is 3.69. The average Bonchev–Trinajstić information content (AvgIpc) is 2.42. The normalized spacial score (nSPS) is 10.8. The van der Waals surface area contributed by atoms with Crippen LogP contribution in [-0.4, -0.2) is 15.6 Å². The number of nitrogens with two attached hydrogens (primary N) is 1. The molecule has 2 rings (SSSR count). The summed E-state index contributed by atoms with van der Waals surface area (Å²) in [5.41, 5.74) is 8.47. The van der Waals surface area contributed by atoms with E-state index in [2.05, 4.69) is 0 Å². The third-order valence-electron chi connectivity index (χ3n) is 2.55. The van der Waals surface area contributed by atoms with Crippen molar-refractivity contribution in [2.45, 2.75) is 6.92 Å². The molecule has 78 valence electrons. The summed E-state index contributed by atoms with van der Waals surface area (Å²) in [4.78, 5) is 10.9. The molecule has 1 aromatic carbocycles. The van der Waals surface area contributed by atoms with E-state index < -0.39 is 5.97 Å². The molecule has 0 fully saturated rings. The zero-order valence-corrected chi connectivity index (χ0v) is 8.61. The summed E-state index contributed by atoms with van der Waals surface area (Å²) in [5, 5.41) is 9.80. The van der Waals surface area contributed by atoms with Crippen LogP contribution in [0.4, 0.5) is 5.69 Å². The first-order chi connectivity index (χ1) is 7.00. The van der Waals surface area contributed by atoms with Gasteiger partial charge in [-0.1, -0.05) is 0 Å². The predicted octanol–water partition coefficient (Wildman–Crippen LogP) is 1.77. The van der Waals surface area contributed by atoms with Crippen LogP contribution < -0.4 is 5.73 Å². The molecule has 0 atom stereocenters. The molecule has 0 spiro atoms. The quantitative estimate of drug-likeness (QED) is 0.695. The maximum Gasteiger partial charge on any atom is 0.335 e. The number of rotatable bonds is 1. The summed E-state index contributed by atoms with van der Waals surface area (Å²) in [7, 11) is 1.89. The lowest BCUT2D eigenvalue weighted by Gasteiger charge is -2.03. The minimum Gasteiger partial charge on any atom is -0.478 e. The van der Waals surface area contributed by atoms with E-state index in [1.807, 2.05) is 24.7 Å². The predicted molar refractivity (Wildman–Crippen MR) is 59.0 cm³/mol. The van der Waals surface area contributed by atoms with Crippen molar-refractivity contribution in [1.29, 1.82) is 0 Å².